The van der Waals surface area contributed by atoms with Gasteiger partial charge in [0.25, 0.3) is 0 Å². The number of fused-ring (bicyclic) bond motifs is 2. The largest absolute Gasteiger partial charge is 0.423 e. The van der Waals surface area contributed by atoms with Crippen LogP contribution in [-0.2, 0) is 19.4 Å². The van der Waals surface area contributed by atoms with Gasteiger partial charge in [0.15, 0.2) is 0 Å². The Balaban J connectivity index is 1.71. The topological polar surface area (TPSA) is 42.2 Å². The molecule has 116 valence electrons. The third kappa shape index (κ3) is 3.00. The van der Waals surface area contributed by atoms with Crippen LogP contribution in [0.25, 0.3) is 11.0 Å². The highest BCUT2D eigenvalue weighted by molar-refractivity contribution is 14.1. The number of rotatable bonds is 3. The van der Waals surface area contributed by atoms with Crippen LogP contribution in [0.5, 0.6) is 0 Å². The molecule has 0 unspecified atom stereocenters. The highest BCUT2D eigenvalue weighted by Gasteiger charge is 2.15. The van der Waals surface area contributed by atoms with Crippen molar-refractivity contribution in [3.05, 3.63) is 73.1 Å². The number of hydrogen-bond acceptors (Lipinski definition) is 3. The second-order valence-corrected chi connectivity index (χ2v) is 7.17. The number of benzene rings is 2. The highest BCUT2D eigenvalue weighted by Crippen LogP contribution is 2.28. The Labute approximate surface area is 147 Å². The Morgan fingerprint density at radius 3 is 2.57 bits per heavy atom. The first-order chi connectivity index (χ1) is 11.2. The van der Waals surface area contributed by atoms with Crippen molar-refractivity contribution in [3.8, 4) is 0 Å². The van der Waals surface area contributed by atoms with Gasteiger partial charge in [0.1, 0.15) is 5.58 Å². The van der Waals surface area contributed by atoms with Gasteiger partial charge in [-0.05, 0) is 94.9 Å². The zero-order chi connectivity index (χ0) is 15.8. The lowest BCUT2D eigenvalue weighted by atomic mass is 10.0. The predicted molar refractivity (Wildman–Crippen MR) is 101 cm³/mol. The van der Waals surface area contributed by atoms with Gasteiger partial charge < -0.3 is 9.73 Å². The van der Waals surface area contributed by atoms with Gasteiger partial charge >= 0.3 is 5.63 Å². The smallest absolute Gasteiger partial charge is 0.336 e. The zero-order valence-corrected chi connectivity index (χ0v) is 14.7. The maximum atomic E-state index is 11.9. The molecule has 0 spiro atoms. The molecule has 0 amide bonds. The average molecular weight is 417 g/mol. The van der Waals surface area contributed by atoms with Crippen molar-refractivity contribution in [1.82, 2.24) is 0 Å². The summed E-state index contributed by atoms with van der Waals surface area (Å²) in [6, 6.07) is 14.1. The van der Waals surface area contributed by atoms with Crippen LogP contribution < -0.4 is 10.9 Å². The quantitative estimate of drug-likeness (QED) is 0.504. The van der Waals surface area contributed by atoms with Crippen LogP contribution in [0.4, 0.5) is 5.69 Å². The van der Waals surface area contributed by atoms with E-state index in [-0.39, 0.29) is 5.63 Å². The second-order valence-electron chi connectivity index (χ2n) is 5.92. The first-order valence-electron chi connectivity index (χ1n) is 7.77. The molecule has 0 radical (unpaired) electrons. The molecule has 0 bridgehead atoms. The molecule has 23 heavy (non-hydrogen) atoms. The number of nitrogens with one attached hydrogen (secondary N) is 1. The minimum Gasteiger partial charge on any atom is -0.423 e. The third-order valence-corrected chi connectivity index (χ3v) is 5.09. The fraction of sp³-hybridized carbons (Fsp3) is 0.211. The molecule has 0 atom stereocenters. The Bertz CT molecular complexity index is 928. The summed E-state index contributed by atoms with van der Waals surface area (Å²) in [4.78, 5) is 11.9. The number of hydrogen-bond donors (Lipinski definition) is 1. The fourth-order valence-corrected chi connectivity index (χ4v) is 3.57. The van der Waals surface area contributed by atoms with Crippen LogP contribution in [0, 0.1) is 3.57 Å². The lowest BCUT2D eigenvalue weighted by Gasteiger charge is -2.10. The normalized spacial score (nSPS) is 13.3. The molecule has 1 heterocycles. The maximum absolute atomic E-state index is 11.9. The van der Waals surface area contributed by atoms with Crippen LogP contribution in [0.2, 0.25) is 0 Å². The minimum atomic E-state index is -0.283. The molecule has 1 aliphatic carbocycles. The summed E-state index contributed by atoms with van der Waals surface area (Å²) in [7, 11) is 0. The standard InChI is InChI=1S/C19H16INO2/c20-15-4-6-16(7-5-15)21-11-14-10-19(22)23-18-9-13-3-1-2-12(13)8-17(14)18/h4-10,21H,1-3,11H2. The van der Waals surface area contributed by atoms with E-state index in [1.807, 2.05) is 18.2 Å². The van der Waals surface area contributed by atoms with Crippen molar-refractivity contribution in [2.45, 2.75) is 25.8 Å². The van der Waals surface area contributed by atoms with E-state index in [0.29, 0.717) is 12.1 Å². The van der Waals surface area contributed by atoms with Crippen LogP contribution in [0.1, 0.15) is 23.1 Å². The summed E-state index contributed by atoms with van der Waals surface area (Å²) in [5.41, 5.74) is 5.18. The summed E-state index contributed by atoms with van der Waals surface area (Å²) in [6.07, 6.45) is 3.39. The minimum absolute atomic E-state index is 0.283. The van der Waals surface area contributed by atoms with Gasteiger partial charge in [-0.2, -0.15) is 0 Å². The van der Waals surface area contributed by atoms with Gasteiger partial charge in [-0.25, -0.2) is 4.79 Å². The van der Waals surface area contributed by atoms with Crippen LogP contribution in [0.15, 0.2) is 51.7 Å². The van der Waals surface area contributed by atoms with Crippen molar-refractivity contribution in [2.24, 2.45) is 0 Å². The molecule has 4 rings (SSSR count). The molecule has 0 aliphatic heterocycles. The van der Waals surface area contributed by atoms with Crippen molar-refractivity contribution in [3.63, 3.8) is 0 Å². The van der Waals surface area contributed by atoms with Gasteiger partial charge in [0.05, 0.1) is 0 Å². The molecule has 1 aliphatic rings. The van der Waals surface area contributed by atoms with Crippen molar-refractivity contribution in [1.29, 1.82) is 0 Å². The second kappa shape index (κ2) is 6.00. The summed E-state index contributed by atoms with van der Waals surface area (Å²) in [5, 5.41) is 4.44. The van der Waals surface area contributed by atoms with Crippen LogP contribution in [0.3, 0.4) is 0 Å². The number of aryl methyl sites for hydroxylation is 2. The molecule has 2 aromatic carbocycles. The fourth-order valence-electron chi connectivity index (χ4n) is 3.21. The molecule has 0 saturated carbocycles. The van der Waals surface area contributed by atoms with Gasteiger partial charge in [-0.15, -0.1) is 0 Å². The van der Waals surface area contributed by atoms with E-state index < -0.39 is 0 Å². The van der Waals surface area contributed by atoms with Crippen LogP contribution >= 0.6 is 22.6 Å². The first-order valence-corrected chi connectivity index (χ1v) is 8.85. The molecule has 1 aromatic heterocycles. The van der Waals surface area contributed by atoms with E-state index in [0.717, 1.165) is 29.5 Å². The monoisotopic (exact) mass is 417 g/mol. The zero-order valence-electron chi connectivity index (χ0n) is 12.6. The van der Waals surface area contributed by atoms with E-state index in [1.165, 1.54) is 21.1 Å². The Morgan fingerprint density at radius 1 is 1.04 bits per heavy atom. The van der Waals surface area contributed by atoms with Gasteiger partial charge in [0, 0.05) is 27.3 Å². The molecule has 1 N–H and O–H groups in total. The number of halogens is 1. The van der Waals surface area contributed by atoms with Crippen LogP contribution in [-0.4, -0.2) is 0 Å². The first kappa shape index (κ1) is 14.8. The van der Waals surface area contributed by atoms with Crippen molar-refractivity contribution < 1.29 is 4.42 Å². The van der Waals surface area contributed by atoms with Gasteiger partial charge in [0.2, 0.25) is 0 Å². The SMILES string of the molecule is O=c1cc(CNc2ccc(I)cc2)c2cc3c(cc2o1)CCC3. The van der Waals surface area contributed by atoms with E-state index in [4.69, 9.17) is 4.42 Å². The lowest BCUT2D eigenvalue weighted by molar-refractivity contribution is 0.559. The Morgan fingerprint density at radius 2 is 1.78 bits per heavy atom. The molecule has 0 saturated heterocycles. The molecular weight excluding hydrogens is 401 g/mol. The summed E-state index contributed by atoms with van der Waals surface area (Å²) >= 11 is 2.29. The average Bonchev–Trinajstić information content (AvgIpc) is 2.99. The van der Waals surface area contributed by atoms with E-state index >= 15 is 0 Å². The Hall–Kier alpha value is -1.82. The van der Waals surface area contributed by atoms with Crippen molar-refractivity contribution >= 4 is 39.2 Å². The van der Waals surface area contributed by atoms with E-state index in [1.54, 1.807) is 6.07 Å². The lowest BCUT2D eigenvalue weighted by Crippen LogP contribution is -2.06. The van der Waals surface area contributed by atoms with Gasteiger partial charge in [-0.3, -0.25) is 0 Å². The third-order valence-electron chi connectivity index (χ3n) is 4.37. The maximum Gasteiger partial charge on any atom is 0.336 e. The number of anilines is 1. The molecule has 3 nitrogen and oxygen atoms in total. The van der Waals surface area contributed by atoms with Gasteiger partial charge in [-0.1, -0.05) is 0 Å². The summed E-state index contributed by atoms with van der Waals surface area (Å²) in [6.45, 7) is 0.613. The van der Waals surface area contributed by atoms with Crippen molar-refractivity contribution in [2.75, 3.05) is 5.32 Å². The molecule has 0 fully saturated rings. The summed E-state index contributed by atoms with van der Waals surface area (Å²) < 4.78 is 6.61. The predicted octanol–water partition coefficient (Wildman–Crippen LogP) is 4.50. The molecule has 3 aromatic rings. The summed E-state index contributed by atoms with van der Waals surface area (Å²) in [5.74, 6) is 0. The molecular formula is C19H16INO2. The van der Waals surface area contributed by atoms with E-state index in [9.17, 15) is 4.79 Å². The Kier molecular flexibility index (Phi) is 3.85. The highest BCUT2D eigenvalue weighted by atomic mass is 127. The molecule has 4 heteroatoms. The van der Waals surface area contributed by atoms with E-state index in [2.05, 4.69) is 46.1 Å².